The third-order valence-corrected chi connectivity index (χ3v) is 3.67. The molecule has 3 rings (SSSR count). The second-order valence-electron chi connectivity index (χ2n) is 5.49. The highest BCUT2D eigenvalue weighted by Gasteiger charge is 2.12. The summed E-state index contributed by atoms with van der Waals surface area (Å²) in [6.07, 6.45) is 5.01. The lowest BCUT2D eigenvalue weighted by molar-refractivity contribution is 0.0990. The molecule has 0 aliphatic carbocycles. The number of carbonyl (C=O) groups excluding carboxylic acids is 1. The molecule has 132 valence electrons. The molecule has 1 aromatic carbocycles. The van der Waals surface area contributed by atoms with E-state index in [1.165, 1.54) is 25.6 Å². The number of benzene rings is 1. The van der Waals surface area contributed by atoms with Gasteiger partial charge in [0.15, 0.2) is 11.6 Å². The molecule has 0 aliphatic rings. The first-order valence-electron chi connectivity index (χ1n) is 7.57. The normalized spacial score (nSPS) is 10.6. The first-order chi connectivity index (χ1) is 12.5. The molecular weight excluding hydrogens is 342 g/mol. The number of aromatic nitrogens is 3. The highest BCUT2D eigenvalue weighted by molar-refractivity contribution is 5.88. The number of halogens is 2. The second-order valence-corrected chi connectivity index (χ2v) is 5.49. The van der Waals surface area contributed by atoms with Crippen molar-refractivity contribution in [1.82, 2.24) is 15.0 Å². The third-order valence-electron chi connectivity index (χ3n) is 3.67. The van der Waals surface area contributed by atoms with Gasteiger partial charge in [0.05, 0.1) is 7.11 Å². The van der Waals surface area contributed by atoms with E-state index < -0.39 is 17.5 Å². The van der Waals surface area contributed by atoms with Gasteiger partial charge < -0.3 is 10.5 Å². The minimum Gasteiger partial charge on any atom is -0.481 e. The summed E-state index contributed by atoms with van der Waals surface area (Å²) < 4.78 is 32.0. The van der Waals surface area contributed by atoms with Crippen molar-refractivity contribution in [1.29, 1.82) is 0 Å². The van der Waals surface area contributed by atoms with Crippen molar-refractivity contribution in [3.8, 4) is 17.0 Å². The van der Waals surface area contributed by atoms with Crippen LogP contribution >= 0.6 is 0 Å². The molecule has 0 aliphatic heterocycles. The number of ether oxygens (including phenoxy) is 1. The predicted molar refractivity (Wildman–Crippen MR) is 89.5 cm³/mol. The number of pyridine rings is 1. The highest BCUT2D eigenvalue weighted by atomic mass is 19.2. The zero-order valence-electron chi connectivity index (χ0n) is 13.7. The fraction of sp³-hybridized carbons (Fsp3) is 0.111. The monoisotopic (exact) mass is 356 g/mol. The topological polar surface area (TPSA) is 91.0 Å². The van der Waals surface area contributed by atoms with Gasteiger partial charge in [0.25, 0.3) is 5.91 Å². The van der Waals surface area contributed by atoms with Gasteiger partial charge >= 0.3 is 0 Å². The first-order valence-corrected chi connectivity index (χ1v) is 7.57. The summed E-state index contributed by atoms with van der Waals surface area (Å²) in [5.74, 6) is -2.36. The Kier molecular flexibility index (Phi) is 4.83. The number of rotatable bonds is 5. The van der Waals surface area contributed by atoms with E-state index in [-0.39, 0.29) is 5.82 Å². The van der Waals surface area contributed by atoms with Gasteiger partial charge in [-0.1, -0.05) is 6.07 Å². The van der Waals surface area contributed by atoms with Crippen LogP contribution in [0.5, 0.6) is 5.88 Å². The Labute approximate surface area is 147 Å². The summed E-state index contributed by atoms with van der Waals surface area (Å²) in [6.45, 7) is 0. The first kappa shape index (κ1) is 17.4. The maximum Gasteiger partial charge on any atom is 0.286 e. The van der Waals surface area contributed by atoms with Crippen LogP contribution in [0.25, 0.3) is 11.1 Å². The molecule has 0 saturated heterocycles. The fourth-order valence-corrected chi connectivity index (χ4v) is 2.43. The highest BCUT2D eigenvalue weighted by Crippen LogP contribution is 2.30. The molecule has 8 heteroatoms. The second kappa shape index (κ2) is 7.22. The maximum atomic E-state index is 13.6. The van der Waals surface area contributed by atoms with Crippen LogP contribution in [0.3, 0.4) is 0 Å². The van der Waals surface area contributed by atoms with Crippen molar-refractivity contribution in [3.05, 3.63) is 71.4 Å². The number of hydrogen-bond donors (Lipinski definition) is 1. The predicted octanol–water partition coefficient (Wildman–Crippen LogP) is 2.52. The minimum absolute atomic E-state index is 0.0657. The Morgan fingerprint density at radius 2 is 1.73 bits per heavy atom. The largest absolute Gasteiger partial charge is 0.481 e. The molecule has 6 nitrogen and oxygen atoms in total. The summed E-state index contributed by atoms with van der Waals surface area (Å²) in [7, 11) is 1.45. The van der Waals surface area contributed by atoms with E-state index in [1.807, 2.05) is 0 Å². The molecule has 0 atom stereocenters. The van der Waals surface area contributed by atoms with Crippen LogP contribution in [0.4, 0.5) is 8.78 Å². The van der Waals surface area contributed by atoms with Gasteiger partial charge in [0.1, 0.15) is 0 Å². The van der Waals surface area contributed by atoms with E-state index in [0.717, 1.165) is 23.3 Å². The van der Waals surface area contributed by atoms with Crippen molar-refractivity contribution in [3.63, 3.8) is 0 Å². The van der Waals surface area contributed by atoms with E-state index in [1.54, 1.807) is 12.3 Å². The van der Waals surface area contributed by atoms with Crippen molar-refractivity contribution in [2.75, 3.05) is 7.11 Å². The van der Waals surface area contributed by atoms with E-state index in [0.29, 0.717) is 23.4 Å². The van der Waals surface area contributed by atoms with Crippen LogP contribution in [-0.4, -0.2) is 28.0 Å². The molecule has 0 spiro atoms. The smallest absolute Gasteiger partial charge is 0.286 e. The molecule has 0 bridgehead atoms. The van der Waals surface area contributed by atoms with Crippen LogP contribution in [0, 0.1) is 11.6 Å². The molecule has 0 unspecified atom stereocenters. The van der Waals surface area contributed by atoms with Gasteiger partial charge in [-0.05, 0) is 34.9 Å². The summed E-state index contributed by atoms with van der Waals surface area (Å²) in [5.41, 5.74) is 7.59. The minimum atomic E-state index is -0.953. The number of amides is 1. The van der Waals surface area contributed by atoms with Crippen molar-refractivity contribution >= 4 is 5.91 Å². The zero-order valence-corrected chi connectivity index (χ0v) is 13.7. The molecule has 2 aromatic heterocycles. The number of carbonyl (C=O) groups is 1. The molecule has 0 saturated carbocycles. The zero-order chi connectivity index (χ0) is 18.7. The summed E-state index contributed by atoms with van der Waals surface area (Å²) in [6, 6.07) is 5.35. The number of hydrogen-bond acceptors (Lipinski definition) is 5. The number of nitrogens with zero attached hydrogens (tertiary/aromatic N) is 3. The van der Waals surface area contributed by atoms with E-state index in [2.05, 4.69) is 15.0 Å². The van der Waals surface area contributed by atoms with Gasteiger partial charge in [-0.15, -0.1) is 0 Å². The van der Waals surface area contributed by atoms with Crippen LogP contribution in [0.15, 0.2) is 42.9 Å². The van der Waals surface area contributed by atoms with E-state index in [9.17, 15) is 13.6 Å². The Morgan fingerprint density at radius 3 is 2.35 bits per heavy atom. The quantitative estimate of drug-likeness (QED) is 0.758. The van der Waals surface area contributed by atoms with Crippen LogP contribution in [0.1, 0.15) is 21.7 Å². The van der Waals surface area contributed by atoms with Gasteiger partial charge in [0, 0.05) is 30.6 Å². The lowest BCUT2D eigenvalue weighted by atomic mass is 10.0. The number of nitrogens with two attached hydrogens (primary N) is 1. The average Bonchev–Trinajstić information content (AvgIpc) is 2.64. The maximum absolute atomic E-state index is 13.6. The van der Waals surface area contributed by atoms with E-state index >= 15 is 0 Å². The number of primary amides is 1. The summed E-state index contributed by atoms with van der Waals surface area (Å²) in [5, 5.41) is 0. The van der Waals surface area contributed by atoms with Crippen LogP contribution in [0.2, 0.25) is 0 Å². The molecule has 0 radical (unpaired) electrons. The molecule has 3 aromatic rings. The van der Waals surface area contributed by atoms with Crippen LogP contribution in [-0.2, 0) is 6.42 Å². The average molecular weight is 356 g/mol. The molecular formula is C18H14F2N4O2. The standard InChI is InChI=1S/C18H14F2N4O2/c1-26-18-13(12-2-3-14(19)15(20)6-12)5-10(7-24-18)4-11-8-22-17(16(21)25)23-9-11/h2-3,5-9H,4H2,1H3,(H2,21,25). The molecule has 0 fully saturated rings. The number of methoxy groups -OCH3 is 1. The SMILES string of the molecule is COc1ncc(Cc2cnc(C(N)=O)nc2)cc1-c1ccc(F)c(F)c1. The Morgan fingerprint density at radius 1 is 1.04 bits per heavy atom. The van der Waals surface area contributed by atoms with Gasteiger partial charge in [-0.2, -0.15) is 0 Å². The van der Waals surface area contributed by atoms with Crippen LogP contribution < -0.4 is 10.5 Å². The fourth-order valence-electron chi connectivity index (χ4n) is 2.43. The molecule has 2 N–H and O–H groups in total. The van der Waals surface area contributed by atoms with E-state index in [4.69, 9.17) is 10.5 Å². The molecule has 2 heterocycles. The Bertz CT molecular complexity index is 962. The third kappa shape index (κ3) is 3.64. The molecule has 1 amide bonds. The lowest BCUT2D eigenvalue weighted by Gasteiger charge is -2.10. The summed E-state index contributed by atoms with van der Waals surface area (Å²) in [4.78, 5) is 23.0. The summed E-state index contributed by atoms with van der Waals surface area (Å²) >= 11 is 0. The lowest BCUT2D eigenvalue weighted by Crippen LogP contribution is -2.15. The van der Waals surface area contributed by atoms with Gasteiger partial charge in [-0.3, -0.25) is 4.79 Å². The Hall–Kier alpha value is -3.42. The Balaban J connectivity index is 1.94. The molecule has 26 heavy (non-hydrogen) atoms. The van der Waals surface area contributed by atoms with Gasteiger partial charge in [0.2, 0.25) is 11.7 Å². The van der Waals surface area contributed by atoms with Crippen molar-refractivity contribution in [2.24, 2.45) is 5.73 Å². The van der Waals surface area contributed by atoms with Gasteiger partial charge in [-0.25, -0.2) is 23.7 Å². The van der Waals surface area contributed by atoms with Crippen molar-refractivity contribution < 1.29 is 18.3 Å². The van der Waals surface area contributed by atoms with Crippen molar-refractivity contribution in [2.45, 2.75) is 6.42 Å².